The minimum absolute atomic E-state index is 0.119. The second kappa shape index (κ2) is 6.28. The average Bonchev–Trinajstić information content (AvgIpc) is 2.37. The van der Waals surface area contributed by atoms with Crippen LogP contribution in [-0.2, 0) is 0 Å². The van der Waals surface area contributed by atoms with E-state index in [9.17, 15) is 13.2 Å². The van der Waals surface area contributed by atoms with Crippen molar-refractivity contribution in [1.29, 1.82) is 0 Å². The molecule has 0 aliphatic heterocycles. The predicted molar refractivity (Wildman–Crippen MR) is 73.0 cm³/mol. The Labute approximate surface area is 122 Å². The van der Waals surface area contributed by atoms with Gasteiger partial charge in [-0.15, -0.1) is 0 Å². The van der Waals surface area contributed by atoms with Crippen LogP contribution in [-0.4, -0.2) is 6.61 Å². The molecule has 0 heterocycles. The van der Waals surface area contributed by atoms with Gasteiger partial charge in [-0.05, 0) is 18.2 Å². The summed E-state index contributed by atoms with van der Waals surface area (Å²) in [6.07, 6.45) is 0. The molecule has 7 heteroatoms. The van der Waals surface area contributed by atoms with Gasteiger partial charge in [0.2, 0.25) is 0 Å². The number of hydrogen-bond donors (Lipinski definition) is 1. The van der Waals surface area contributed by atoms with E-state index < -0.39 is 18.2 Å². The van der Waals surface area contributed by atoms with Crippen molar-refractivity contribution >= 4 is 29.1 Å². The Morgan fingerprint density at radius 3 is 2.50 bits per heavy atom. The molecule has 0 saturated carbocycles. The number of rotatable bonds is 4. The topological polar surface area (TPSA) is 35.2 Å². The summed E-state index contributed by atoms with van der Waals surface area (Å²) in [5, 5.41) is 0.484. The van der Waals surface area contributed by atoms with Crippen LogP contribution in [0.5, 0.6) is 5.75 Å². The van der Waals surface area contributed by atoms with Gasteiger partial charge in [0.05, 0.1) is 5.02 Å². The van der Waals surface area contributed by atoms with Crippen LogP contribution in [0.1, 0.15) is 0 Å². The van der Waals surface area contributed by atoms with Crippen molar-refractivity contribution in [2.75, 3.05) is 5.73 Å². The quantitative estimate of drug-likeness (QED) is 0.821. The van der Waals surface area contributed by atoms with Crippen molar-refractivity contribution in [3.63, 3.8) is 0 Å². The van der Waals surface area contributed by atoms with E-state index in [1.807, 2.05) is 0 Å². The van der Waals surface area contributed by atoms with Crippen molar-refractivity contribution in [1.82, 2.24) is 0 Å². The molecule has 0 amide bonds. The largest absolute Gasteiger partial charge is 0.432 e. The highest BCUT2D eigenvalue weighted by Gasteiger charge is 2.14. The van der Waals surface area contributed by atoms with Gasteiger partial charge >= 0.3 is 6.61 Å². The normalized spacial score (nSPS) is 10.8. The first kappa shape index (κ1) is 14.9. The molecular weight excluding hydrogens is 311 g/mol. The molecule has 0 spiro atoms. The summed E-state index contributed by atoms with van der Waals surface area (Å²) in [6, 6.07) is 9.02. The van der Waals surface area contributed by atoms with Crippen LogP contribution in [0.3, 0.4) is 0 Å². The van der Waals surface area contributed by atoms with E-state index in [0.717, 1.165) is 23.9 Å². The second-order valence-electron chi connectivity index (χ2n) is 3.73. The Morgan fingerprint density at radius 1 is 1.15 bits per heavy atom. The smallest absolute Gasteiger partial charge is 0.387 e. The third kappa shape index (κ3) is 3.52. The number of alkyl halides is 2. The molecule has 0 saturated heterocycles. The van der Waals surface area contributed by atoms with Crippen LogP contribution < -0.4 is 10.5 Å². The first-order valence-electron chi connectivity index (χ1n) is 5.43. The molecule has 0 fully saturated rings. The van der Waals surface area contributed by atoms with Gasteiger partial charge in [-0.1, -0.05) is 35.5 Å². The third-order valence-electron chi connectivity index (χ3n) is 2.34. The molecule has 2 aromatic carbocycles. The molecule has 0 aliphatic rings. The average molecular weight is 320 g/mol. The van der Waals surface area contributed by atoms with Gasteiger partial charge in [-0.3, -0.25) is 0 Å². The highest BCUT2D eigenvalue weighted by molar-refractivity contribution is 7.99. The minimum Gasteiger partial charge on any atom is -0.432 e. The maximum absolute atomic E-state index is 13.4. The van der Waals surface area contributed by atoms with Crippen molar-refractivity contribution < 1.29 is 17.9 Å². The molecule has 20 heavy (non-hydrogen) atoms. The first-order valence-corrected chi connectivity index (χ1v) is 6.63. The second-order valence-corrected chi connectivity index (χ2v) is 5.22. The summed E-state index contributed by atoms with van der Waals surface area (Å²) in [7, 11) is 0. The van der Waals surface area contributed by atoms with Crippen molar-refractivity contribution in [2.45, 2.75) is 16.4 Å². The number of nitrogen functional groups attached to an aromatic ring is 1. The molecule has 2 rings (SSSR count). The fourth-order valence-electron chi connectivity index (χ4n) is 1.47. The van der Waals surface area contributed by atoms with E-state index >= 15 is 0 Å². The number of ether oxygens (including phenoxy) is 1. The van der Waals surface area contributed by atoms with Crippen LogP contribution in [0, 0.1) is 5.82 Å². The van der Waals surface area contributed by atoms with Gasteiger partial charge in [0, 0.05) is 21.5 Å². The van der Waals surface area contributed by atoms with E-state index in [1.165, 1.54) is 0 Å². The number of nitrogens with two attached hydrogens (primary N) is 1. The molecule has 0 aromatic heterocycles. The molecular formula is C13H9ClF3NOS. The Bertz CT molecular complexity index is 625. The zero-order chi connectivity index (χ0) is 14.7. The van der Waals surface area contributed by atoms with Crippen molar-refractivity contribution in [2.24, 2.45) is 0 Å². The van der Waals surface area contributed by atoms with E-state index in [0.29, 0.717) is 14.8 Å². The molecule has 0 radical (unpaired) electrons. The predicted octanol–water partition coefficient (Wildman–Crippen LogP) is 4.81. The summed E-state index contributed by atoms with van der Waals surface area (Å²) in [5.74, 6) is -1.49. The zero-order valence-corrected chi connectivity index (χ0v) is 11.5. The van der Waals surface area contributed by atoms with E-state index in [2.05, 4.69) is 4.74 Å². The van der Waals surface area contributed by atoms with Gasteiger partial charge in [-0.2, -0.15) is 8.78 Å². The number of anilines is 1. The number of hydrogen-bond acceptors (Lipinski definition) is 3. The number of halogens is 4. The molecule has 2 aromatic rings. The van der Waals surface area contributed by atoms with E-state index in [1.54, 1.807) is 24.3 Å². The fraction of sp³-hybridized carbons (Fsp3) is 0.0769. The van der Waals surface area contributed by atoms with Crippen LogP contribution in [0.15, 0.2) is 46.2 Å². The van der Waals surface area contributed by atoms with Gasteiger partial charge in [-0.25, -0.2) is 4.39 Å². The summed E-state index contributed by atoms with van der Waals surface area (Å²) in [4.78, 5) is 1.06. The molecule has 2 nitrogen and oxygen atoms in total. The summed E-state index contributed by atoms with van der Waals surface area (Å²) in [6.45, 7) is -3.11. The Balaban J connectivity index is 2.34. The number of benzene rings is 2. The van der Waals surface area contributed by atoms with Gasteiger partial charge in [0.25, 0.3) is 0 Å². The van der Waals surface area contributed by atoms with Crippen molar-refractivity contribution in [3.8, 4) is 5.75 Å². The van der Waals surface area contributed by atoms with Gasteiger partial charge < -0.3 is 10.5 Å². The van der Waals surface area contributed by atoms with Crippen molar-refractivity contribution in [3.05, 3.63) is 47.2 Å². The lowest BCUT2D eigenvalue weighted by molar-refractivity contribution is -0.0523. The minimum atomic E-state index is -3.11. The van der Waals surface area contributed by atoms with Gasteiger partial charge in [0.1, 0.15) is 0 Å². The van der Waals surface area contributed by atoms with Crippen LogP contribution in [0.2, 0.25) is 5.02 Å². The van der Waals surface area contributed by atoms with Crippen LogP contribution >= 0.6 is 23.4 Å². The highest BCUT2D eigenvalue weighted by Crippen LogP contribution is 2.39. The SMILES string of the molecule is Nc1cc(F)c(OC(F)F)cc1Sc1ccccc1Cl. The zero-order valence-electron chi connectivity index (χ0n) is 9.95. The highest BCUT2D eigenvalue weighted by atomic mass is 35.5. The van der Waals surface area contributed by atoms with Crippen LogP contribution in [0.4, 0.5) is 18.9 Å². The maximum Gasteiger partial charge on any atom is 0.387 e. The first-order chi connectivity index (χ1) is 9.47. The lowest BCUT2D eigenvalue weighted by atomic mass is 10.3. The molecule has 0 aliphatic carbocycles. The summed E-state index contributed by atoms with van der Waals surface area (Å²) < 4.78 is 41.9. The molecule has 0 bridgehead atoms. The standard InChI is InChI=1S/C13H9ClF3NOS/c14-7-3-1-2-4-11(7)20-12-6-10(19-13(16)17)8(15)5-9(12)18/h1-6,13H,18H2. The van der Waals surface area contributed by atoms with E-state index in [4.69, 9.17) is 17.3 Å². The summed E-state index contributed by atoms with van der Waals surface area (Å²) in [5.41, 5.74) is 5.79. The Morgan fingerprint density at radius 2 is 1.85 bits per heavy atom. The lowest BCUT2D eigenvalue weighted by Crippen LogP contribution is -2.04. The van der Waals surface area contributed by atoms with E-state index in [-0.39, 0.29) is 5.69 Å². The Hall–Kier alpha value is -1.53. The summed E-state index contributed by atoms with van der Waals surface area (Å²) >= 11 is 7.14. The monoisotopic (exact) mass is 319 g/mol. The fourth-order valence-corrected chi connectivity index (χ4v) is 2.61. The van der Waals surface area contributed by atoms with Gasteiger partial charge in [0.15, 0.2) is 11.6 Å². The maximum atomic E-state index is 13.4. The van der Waals surface area contributed by atoms with Crippen LogP contribution in [0.25, 0.3) is 0 Å². The molecule has 0 atom stereocenters. The third-order valence-corrected chi connectivity index (χ3v) is 3.93. The lowest BCUT2D eigenvalue weighted by Gasteiger charge is -2.11. The molecule has 0 unspecified atom stereocenters. The molecule has 106 valence electrons. The molecule has 2 N–H and O–H groups in total. The Kier molecular flexibility index (Phi) is 4.67.